The summed E-state index contributed by atoms with van der Waals surface area (Å²) in [6, 6.07) is -0.895. The van der Waals surface area contributed by atoms with Crippen molar-refractivity contribution < 1.29 is 26.4 Å². The average molecular weight is 395 g/mol. The second-order valence-electron chi connectivity index (χ2n) is 7.35. The van der Waals surface area contributed by atoms with E-state index < -0.39 is 49.0 Å². The van der Waals surface area contributed by atoms with Crippen LogP contribution >= 0.6 is 0 Å². The van der Waals surface area contributed by atoms with Crippen LogP contribution in [0.1, 0.15) is 33.6 Å². The Hall–Kier alpha value is -1.16. The van der Waals surface area contributed by atoms with Crippen LogP contribution in [0.3, 0.4) is 0 Å². The van der Waals surface area contributed by atoms with Gasteiger partial charge in [0.25, 0.3) is 0 Å². The van der Waals surface area contributed by atoms with Crippen LogP contribution in [-0.4, -0.2) is 75.2 Å². The highest BCUT2D eigenvalue weighted by atomic mass is 32.2. The van der Waals surface area contributed by atoms with E-state index in [1.807, 2.05) is 0 Å². The summed E-state index contributed by atoms with van der Waals surface area (Å²) >= 11 is 0. The third-order valence-corrected chi connectivity index (χ3v) is 8.44. The van der Waals surface area contributed by atoms with Crippen LogP contribution in [0.5, 0.6) is 0 Å². The summed E-state index contributed by atoms with van der Waals surface area (Å²) in [5.41, 5.74) is -1.39. The fourth-order valence-electron chi connectivity index (χ4n) is 3.32. The predicted octanol–water partition coefficient (Wildman–Crippen LogP) is -0.648. The van der Waals surface area contributed by atoms with Crippen LogP contribution < -0.4 is 5.32 Å². The Morgan fingerprint density at radius 2 is 1.60 bits per heavy atom. The maximum absolute atomic E-state index is 12.9. The Balaban J connectivity index is 2.08. The molecule has 144 valence electrons. The number of sulfone groups is 2. The minimum absolute atomic E-state index is 0.0351. The molecule has 0 aliphatic carbocycles. The summed E-state index contributed by atoms with van der Waals surface area (Å²) in [6.07, 6.45) is 0.719. The summed E-state index contributed by atoms with van der Waals surface area (Å²) in [6.45, 7) is 5.04. The molecule has 0 radical (unpaired) electrons. The Bertz CT molecular complexity index is 757. The van der Waals surface area contributed by atoms with Crippen molar-refractivity contribution in [3.63, 3.8) is 0 Å². The van der Waals surface area contributed by atoms with E-state index >= 15 is 0 Å². The third kappa shape index (κ3) is 4.52. The van der Waals surface area contributed by atoms with Crippen molar-refractivity contribution in [3.8, 4) is 0 Å². The number of carbonyl (C=O) groups is 2. The van der Waals surface area contributed by atoms with E-state index in [0.717, 1.165) is 0 Å². The molecule has 0 aromatic rings. The molecule has 2 amide bonds. The first kappa shape index (κ1) is 20.2. The molecule has 2 rings (SSSR count). The lowest BCUT2D eigenvalue weighted by atomic mass is 9.89. The van der Waals surface area contributed by atoms with E-state index in [9.17, 15) is 26.4 Å². The molecule has 10 heteroatoms. The standard InChI is InChI=1S/C15H26N2O6S2/c1-4-17(12-6-8-25(22,23)10-12)14(19)15(2,3)13(18)16-11-5-7-24(20,21)9-11/h11-12H,4-10H2,1-3H3,(H,16,18). The van der Waals surface area contributed by atoms with Gasteiger partial charge in [0.2, 0.25) is 11.8 Å². The predicted molar refractivity (Wildman–Crippen MR) is 93.4 cm³/mol. The number of nitrogens with one attached hydrogen (secondary N) is 1. The molecule has 2 saturated heterocycles. The Morgan fingerprint density at radius 3 is 2.04 bits per heavy atom. The van der Waals surface area contributed by atoms with Crippen molar-refractivity contribution in [2.24, 2.45) is 5.41 Å². The molecule has 1 N–H and O–H groups in total. The lowest BCUT2D eigenvalue weighted by Gasteiger charge is -2.34. The maximum atomic E-state index is 12.9. The van der Waals surface area contributed by atoms with Gasteiger partial charge in [0.15, 0.2) is 19.7 Å². The van der Waals surface area contributed by atoms with Gasteiger partial charge < -0.3 is 10.2 Å². The quantitative estimate of drug-likeness (QED) is 0.619. The van der Waals surface area contributed by atoms with E-state index in [2.05, 4.69) is 5.32 Å². The first-order valence-electron chi connectivity index (χ1n) is 8.41. The average Bonchev–Trinajstić information content (AvgIpc) is 3.01. The molecule has 2 aliphatic rings. The van der Waals surface area contributed by atoms with Crippen LogP contribution in [0.2, 0.25) is 0 Å². The summed E-state index contributed by atoms with van der Waals surface area (Å²) in [7, 11) is -6.27. The van der Waals surface area contributed by atoms with Gasteiger partial charge in [0.1, 0.15) is 5.41 Å². The van der Waals surface area contributed by atoms with Crippen LogP contribution in [0.15, 0.2) is 0 Å². The lowest BCUT2D eigenvalue weighted by molar-refractivity contribution is -0.150. The monoisotopic (exact) mass is 394 g/mol. The molecule has 0 saturated carbocycles. The molecule has 0 aromatic heterocycles. The van der Waals surface area contributed by atoms with Crippen molar-refractivity contribution in [3.05, 3.63) is 0 Å². The highest BCUT2D eigenvalue weighted by molar-refractivity contribution is 7.91. The number of nitrogens with zero attached hydrogens (tertiary/aromatic N) is 1. The number of hydrogen-bond donors (Lipinski definition) is 1. The van der Waals surface area contributed by atoms with Gasteiger partial charge in [-0.2, -0.15) is 0 Å². The van der Waals surface area contributed by atoms with Gasteiger partial charge in [0, 0.05) is 18.6 Å². The van der Waals surface area contributed by atoms with Gasteiger partial charge >= 0.3 is 0 Å². The molecule has 0 aromatic carbocycles. The fourth-order valence-corrected chi connectivity index (χ4v) is 6.72. The van der Waals surface area contributed by atoms with Gasteiger partial charge in [-0.25, -0.2) is 16.8 Å². The molecular formula is C15H26N2O6S2. The highest BCUT2D eigenvalue weighted by Crippen LogP contribution is 2.26. The molecule has 25 heavy (non-hydrogen) atoms. The minimum Gasteiger partial charge on any atom is -0.351 e. The molecule has 2 unspecified atom stereocenters. The van der Waals surface area contributed by atoms with E-state index in [1.54, 1.807) is 6.92 Å². The summed E-state index contributed by atoms with van der Waals surface area (Å²) in [4.78, 5) is 26.9. The second kappa shape index (κ2) is 6.86. The lowest BCUT2D eigenvalue weighted by Crippen LogP contribution is -2.54. The van der Waals surface area contributed by atoms with Crippen molar-refractivity contribution in [1.29, 1.82) is 0 Å². The largest absolute Gasteiger partial charge is 0.351 e. The normalized spacial score (nSPS) is 27.8. The minimum atomic E-state index is -3.14. The molecule has 0 spiro atoms. The summed E-state index contributed by atoms with van der Waals surface area (Å²) in [5, 5.41) is 2.66. The molecule has 0 bridgehead atoms. The van der Waals surface area contributed by atoms with E-state index in [0.29, 0.717) is 19.4 Å². The Kier molecular flexibility index (Phi) is 5.53. The van der Waals surface area contributed by atoms with Crippen LogP contribution in [0, 0.1) is 5.41 Å². The van der Waals surface area contributed by atoms with Crippen LogP contribution in [0.25, 0.3) is 0 Å². The molecular weight excluding hydrogens is 368 g/mol. The number of hydrogen-bond acceptors (Lipinski definition) is 6. The van der Waals surface area contributed by atoms with E-state index in [4.69, 9.17) is 0 Å². The molecule has 8 nitrogen and oxygen atoms in total. The van der Waals surface area contributed by atoms with Crippen molar-refractivity contribution in [1.82, 2.24) is 10.2 Å². The first-order valence-corrected chi connectivity index (χ1v) is 12.0. The van der Waals surface area contributed by atoms with E-state index in [-0.39, 0.29) is 23.0 Å². The molecule has 2 fully saturated rings. The zero-order chi connectivity index (χ0) is 19.0. The second-order valence-corrected chi connectivity index (χ2v) is 11.8. The molecule has 2 aliphatic heterocycles. The van der Waals surface area contributed by atoms with E-state index in [1.165, 1.54) is 18.7 Å². The maximum Gasteiger partial charge on any atom is 0.237 e. The SMILES string of the molecule is CCN(C(=O)C(C)(C)C(=O)NC1CCS(=O)(=O)C1)C1CCS(=O)(=O)C1. The highest BCUT2D eigenvalue weighted by Gasteiger charge is 2.44. The number of amides is 2. The molecule has 2 atom stereocenters. The zero-order valence-corrected chi connectivity index (χ0v) is 16.5. The van der Waals surface area contributed by atoms with Gasteiger partial charge in [-0.15, -0.1) is 0 Å². The summed E-state index contributed by atoms with van der Waals surface area (Å²) in [5.74, 6) is -1.07. The Morgan fingerprint density at radius 1 is 1.04 bits per heavy atom. The number of carbonyl (C=O) groups excluding carboxylic acids is 2. The van der Waals surface area contributed by atoms with Crippen molar-refractivity contribution >= 4 is 31.5 Å². The van der Waals surface area contributed by atoms with Crippen molar-refractivity contribution in [2.75, 3.05) is 29.6 Å². The van der Waals surface area contributed by atoms with Gasteiger partial charge in [-0.05, 0) is 33.6 Å². The first-order chi connectivity index (χ1) is 11.4. The third-order valence-electron chi connectivity index (χ3n) is 4.92. The summed E-state index contributed by atoms with van der Waals surface area (Å²) < 4.78 is 46.4. The van der Waals surface area contributed by atoms with Gasteiger partial charge in [-0.3, -0.25) is 9.59 Å². The smallest absolute Gasteiger partial charge is 0.237 e. The fraction of sp³-hybridized carbons (Fsp3) is 0.867. The van der Waals surface area contributed by atoms with Gasteiger partial charge in [0.05, 0.1) is 23.0 Å². The Labute approximate surface area is 149 Å². The van der Waals surface area contributed by atoms with Crippen molar-refractivity contribution in [2.45, 2.75) is 45.7 Å². The van der Waals surface area contributed by atoms with Crippen LogP contribution in [-0.2, 0) is 29.3 Å². The van der Waals surface area contributed by atoms with Crippen LogP contribution in [0.4, 0.5) is 0 Å². The molecule has 2 heterocycles. The zero-order valence-electron chi connectivity index (χ0n) is 14.8. The van der Waals surface area contributed by atoms with Gasteiger partial charge in [-0.1, -0.05) is 0 Å². The topological polar surface area (TPSA) is 118 Å². The number of rotatable bonds is 5.